The predicted molar refractivity (Wildman–Crippen MR) is 68.5 cm³/mol. The molecule has 0 radical (unpaired) electrons. The highest BCUT2D eigenvalue weighted by molar-refractivity contribution is 7.87. The molecule has 0 bridgehead atoms. The maximum atomic E-state index is 11.7. The van der Waals surface area contributed by atoms with Crippen LogP contribution in [0.15, 0.2) is 4.52 Å². The third-order valence-electron chi connectivity index (χ3n) is 2.38. The summed E-state index contributed by atoms with van der Waals surface area (Å²) in [5.74, 6) is 0.829. The molecule has 17 heavy (non-hydrogen) atoms. The van der Waals surface area contributed by atoms with Gasteiger partial charge in [-0.3, -0.25) is 0 Å². The van der Waals surface area contributed by atoms with E-state index in [1.165, 1.54) is 4.31 Å². The fraction of sp³-hybridized carbons (Fsp3) is 1.00. The molecule has 0 aliphatic rings. The largest absolute Gasteiger partial charge is 0.302 e. The minimum absolute atomic E-state index is 0.408. The summed E-state index contributed by atoms with van der Waals surface area (Å²) in [5.41, 5.74) is 8.26. The van der Waals surface area contributed by atoms with E-state index in [4.69, 9.17) is 5.53 Å². The molecule has 0 saturated carbocycles. The number of hydrogen-bond acceptors (Lipinski definition) is 2. The molecule has 0 aromatic carbocycles. The molecule has 0 fully saturated rings. The van der Waals surface area contributed by atoms with Crippen LogP contribution in [0.2, 0.25) is 0 Å². The molecule has 0 saturated heterocycles. The first kappa shape index (κ1) is 16.2. The van der Waals surface area contributed by atoms with E-state index >= 15 is 0 Å². The molecule has 0 aliphatic carbocycles. The Morgan fingerprint density at radius 2 is 1.53 bits per heavy atom. The molecule has 0 aromatic heterocycles. The Labute approximate surface area is 104 Å². The molecule has 100 valence electrons. The van der Waals surface area contributed by atoms with Crippen molar-refractivity contribution in [2.24, 2.45) is 16.4 Å². The van der Waals surface area contributed by atoms with Crippen LogP contribution < -0.4 is 0 Å². The summed E-state index contributed by atoms with van der Waals surface area (Å²) < 4.78 is 27.5. The average Bonchev–Trinajstić information content (AvgIpc) is 2.15. The summed E-state index contributed by atoms with van der Waals surface area (Å²) in [4.78, 5) is 2.38. The van der Waals surface area contributed by atoms with Gasteiger partial charge in [0.15, 0.2) is 0 Å². The Morgan fingerprint density at radius 1 is 1.12 bits per heavy atom. The van der Waals surface area contributed by atoms with Gasteiger partial charge in [0.25, 0.3) is 0 Å². The monoisotopic (exact) mass is 262 g/mol. The van der Waals surface area contributed by atoms with Gasteiger partial charge in [-0.15, -0.1) is 0 Å². The predicted octanol–water partition coefficient (Wildman–Crippen LogP) is 2.94. The van der Waals surface area contributed by atoms with E-state index in [2.05, 4.69) is 9.43 Å². The van der Waals surface area contributed by atoms with E-state index in [0.717, 1.165) is 12.8 Å². The van der Waals surface area contributed by atoms with E-state index in [1.807, 2.05) is 27.7 Å². The highest BCUT2D eigenvalue weighted by Gasteiger charge is 2.20. The van der Waals surface area contributed by atoms with Gasteiger partial charge in [-0.05, 0) is 30.2 Å². The maximum Gasteiger partial charge on any atom is 0.302 e. The lowest BCUT2D eigenvalue weighted by molar-refractivity contribution is 0.357. The summed E-state index contributed by atoms with van der Waals surface area (Å²) in [6.07, 6.45) is 1.52. The molecule has 0 aromatic rings. The zero-order valence-electron chi connectivity index (χ0n) is 11.0. The lowest BCUT2D eigenvalue weighted by atomic mass is 10.1. The van der Waals surface area contributed by atoms with E-state index in [0.29, 0.717) is 24.9 Å². The van der Waals surface area contributed by atoms with Crippen molar-refractivity contribution in [1.29, 1.82) is 0 Å². The van der Waals surface area contributed by atoms with E-state index in [1.54, 1.807) is 0 Å². The first-order valence-electron chi connectivity index (χ1n) is 5.86. The third-order valence-corrected chi connectivity index (χ3v) is 3.67. The van der Waals surface area contributed by atoms with Gasteiger partial charge in [-0.1, -0.05) is 27.7 Å². The third kappa shape index (κ3) is 7.20. The van der Waals surface area contributed by atoms with Crippen molar-refractivity contribution in [2.45, 2.75) is 40.5 Å². The lowest BCUT2D eigenvalue weighted by Gasteiger charge is -2.21. The van der Waals surface area contributed by atoms with Crippen LogP contribution in [0.25, 0.3) is 10.4 Å². The Kier molecular flexibility index (Phi) is 7.18. The van der Waals surface area contributed by atoms with E-state index < -0.39 is 10.2 Å². The maximum absolute atomic E-state index is 11.7. The number of rotatable bonds is 8. The minimum atomic E-state index is -3.82. The fourth-order valence-electron chi connectivity index (χ4n) is 1.24. The summed E-state index contributed by atoms with van der Waals surface area (Å²) in [5, 5.41) is 0. The van der Waals surface area contributed by atoms with Gasteiger partial charge in [-0.25, -0.2) is 8.42 Å². The summed E-state index contributed by atoms with van der Waals surface area (Å²) in [6.45, 7) is 8.93. The van der Waals surface area contributed by atoms with E-state index in [-0.39, 0.29) is 0 Å². The standard InChI is InChI=1S/C10H22N4O2S/c1-9(2)5-7-14(8-6-10(3)4)17(15,16)13-12-11/h9-10H,5-8H2,1-4H3. The molecular weight excluding hydrogens is 240 g/mol. The molecule has 7 heteroatoms. The van der Waals surface area contributed by atoms with Crippen molar-refractivity contribution in [2.75, 3.05) is 13.1 Å². The highest BCUT2D eigenvalue weighted by Crippen LogP contribution is 2.11. The van der Waals surface area contributed by atoms with Crippen LogP contribution in [-0.4, -0.2) is 25.8 Å². The van der Waals surface area contributed by atoms with Gasteiger partial charge in [0.05, 0.1) is 0 Å². The Bertz CT molecular complexity index is 347. The normalized spacial score (nSPS) is 12.2. The molecule has 0 atom stereocenters. The Hall–Kier alpha value is -0.780. The SMILES string of the molecule is CC(C)CCN(CCC(C)C)S(=O)(=O)N=[N+]=[N-]. The van der Waals surface area contributed by atoms with Crippen LogP contribution in [0.3, 0.4) is 0 Å². The van der Waals surface area contributed by atoms with Crippen LogP contribution in [0.1, 0.15) is 40.5 Å². The Morgan fingerprint density at radius 3 is 1.82 bits per heavy atom. The molecule has 0 unspecified atom stereocenters. The van der Waals surface area contributed by atoms with Crippen LogP contribution in [0.5, 0.6) is 0 Å². The quantitative estimate of drug-likeness (QED) is 0.382. The Balaban J connectivity index is 4.66. The van der Waals surface area contributed by atoms with Gasteiger partial charge in [0.2, 0.25) is 0 Å². The second-order valence-corrected chi connectivity index (χ2v) is 6.49. The van der Waals surface area contributed by atoms with Gasteiger partial charge >= 0.3 is 10.2 Å². The summed E-state index contributed by atoms with van der Waals surface area (Å²) >= 11 is 0. The van der Waals surface area contributed by atoms with Crippen molar-refractivity contribution in [3.05, 3.63) is 10.4 Å². The number of azide groups is 1. The van der Waals surface area contributed by atoms with Gasteiger partial charge < -0.3 is 0 Å². The smallest absolute Gasteiger partial charge is 0.204 e. The van der Waals surface area contributed by atoms with Crippen molar-refractivity contribution < 1.29 is 8.42 Å². The van der Waals surface area contributed by atoms with Crippen LogP contribution in [0.4, 0.5) is 0 Å². The van der Waals surface area contributed by atoms with Crippen molar-refractivity contribution in [1.82, 2.24) is 4.31 Å². The van der Waals surface area contributed by atoms with Gasteiger partial charge in [-0.2, -0.15) is 4.31 Å². The molecule has 0 N–H and O–H groups in total. The van der Waals surface area contributed by atoms with Gasteiger partial charge in [0, 0.05) is 22.5 Å². The lowest BCUT2D eigenvalue weighted by Crippen LogP contribution is -2.32. The van der Waals surface area contributed by atoms with Crippen LogP contribution in [-0.2, 0) is 10.2 Å². The summed E-state index contributed by atoms with van der Waals surface area (Å²) in [7, 11) is -3.82. The van der Waals surface area contributed by atoms with E-state index in [9.17, 15) is 8.42 Å². The topological polar surface area (TPSA) is 86.1 Å². The molecule has 0 heterocycles. The van der Waals surface area contributed by atoms with Crippen LogP contribution >= 0.6 is 0 Å². The first-order chi connectivity index (χ1) is 7.79. The molecular formula is C10H22N4O2S. The zero-order chi connectivity index (χ0) is 13.5. The van der Waals surface area contributed by atoms with Crippen molar-refractivity contribution >= 4 is 10.2 Å². The van der Waals surface area contributed by atoms with Crippen molar-refractivity contribution in [3.63, 3.8) is 0 Å². The zero-order valence-corrected chi connectivity index (χ0v) is 11.8. The van der Waals surface area contributed by atoms with Crippen LogP contribution in [0, 0.1) is 11.8 Å². The summed E-state index contributed by atoms with van der Waals surface area (Å²) in [6, 6.07) is 0. The first-order valence-corrected chi connectivity index (χ1v) is 7.25. The highest BCUT2D eigenvalue weighted by atomic mass is 32.2. The molecule has 0 aliphatic heterocycles. The van der Waals surface area contributed by atoms with Gasteiger partial charge in [0.1, 0.15) is 0 Å². The average molecular weight is 262 g/mol. The fourth-order valence-corrected chi connectivity index (χ4v) is 2.11. The second kappa shape index (κ2) is 7.53. The second-order valence-electron chi connectivity index (χ2n) is 4.91. The molecule has 0 spiro atoms. The number of nitrogens with zero attached hydrogens (tertiary/aromatic N) is 4. The minimum Gasteiger partial charge on any atom is -0.204 e. The molecule has 6 nitrogen and oxygen atoms in total. The number of hydrogen-bond donors (Lipinski definition) is 0. The molecule has 0 rings (SSSR count). The van der Waals surface area contributed by atoms with Crippen molar-refractivity contribution in [3.8, 4) is 0 Å². The molecule has 0 amide bonds.